The summed E-state index contributed by atoms with van der Waals surface area (Å²) in [4.78, 5) is 53.2. The van der Waals surface area contributed by atoms with Crippen LogP contribution in [0.15, 0.2) is 48.5 Å². The van der Waals surface area contributed by atoms with Gasteiger partial charge in [0.1, 0.15) is 6.54 Å². The SMILES string of the molecule is O=C(O)Cc1cccc(NC(=O)CN2NC(C3CCCCC3)c3ccccc3N(CC(=O)C3CCCC3)C2=O)c1. The number of Topliss-reactive ketones (excluding diaryl/α,β-unsaturated/α-hetero) is 1. The number of urea groups is 1. The quantitative estimate of drug-likeness (QED) is 0.404. The lowest BCUT2D eigenvalue weighted by Gasteiger charge is -2.33. The van der Waals surface area contributed by atoms with Gasteiger partial charge in [0.05, 0.1) is 24.7 Å². The van der Waals surface area contributed by atoms with Crippen molar-refractivity contribution in [1.82, 2.24) is 10.4 Å². The zero-order chi connectivity index (χ0) is 28.1. The maximum Gasteiger partial charge on any atom is 0.339 e. The number of hydrazine groups is 1. The van der Waals surface area contributed by atoms with Crippen molar-refractivity contribution in [3.05, 3.63) is 59.7 Å². The molecule has 0 bridgehead atoms. The highest BCUT2D eigenvalue weighted by atomic mass is 16.4. The zero-order valence-corrected chi connectivity index (χ0v) is 22.8. The van der Waals surface area contributed by atoms with Gasteiger partial charge in [-0.1, -0.05) is 62.4 Å². The molecule has 3 N–H and O–H groups in total. The van der Waals surface area contributed by atoms with Crippen LogP contribution in [0.4, 0.5) is 16.2 Å². The van der Waals surface area contributed by atoms with Crippen LogP contribution in [0.5, 0.6) is 0 Å². The number of carbonyl (C=O) groups is 4. The van der Waals surface area contributed by atoms with Crippen molar-refractivity contribution in [3.63, 3.8) is 0 Å². The number of amides is 3. The first-order chi connectivity index (χ1) is 19.4. The first-order valence-electron chi connectivity index (χ1n) is 14.5. The Balaban J connectivity index is 1.41. The molecule has 2 fully saturated rings. The van der Waals surface area contributed by atoms with Crippen molar-refractivity contribution in [2.45, 2.75) is 70.3 Å². The summed E-state index contributed by atoms with van der Waals surface area (Å²) in [5, 5.41) is 13.3. The molecule has 9 nitrogen and oxygen atoms in total. The molecule has 2 aromatic carbocycles. The average Bonchev–Trinajstić information content (AvgIpc) is 3.46. The fourth-order valence-electron chi connectivity index (χ4n) is 6.44. The topological polar surface area (TPSA) is 119 Å². The molecule has 212 valence electrons. The second kappa shape index (κ2) is 12.6. The van der Waals surface area contributed by atoms with Crippen molar-refractivity contribution in [3.8, 4) is 0 Å². The first-order valence-corrected chi connectivity index (χ1v) is 14.5. The van der Waals surface area contributed by atoms with E-state index >= 15 is 0 Å². The number of para-hydroxylation sites is 1. The van der Waals surface area contributed by atoms with E-state index in [1.54, 1.807) is 29.2 Å². The number of hydrogen-bond donors (Lipinski definition) is 3. The minimum absolute atomic E-state index is 0.0189. The van der Waals surface area contributed by atoms with E-state index in [0.717, 1.165) is 62.6 Å². The number of carbonyl (C=O) groups excluding carboxylic acids is 3. The van der Waals surface area contributed by atoms with Crippen molar-refractivity contribution in [2.75, 3.05) is 23.3 Å². The first kappa shape index (κ1) is 27.8. The van der Waals surface area contributed by atoms with Gasteiger partial charge >= 0.3 is 12.0 Å². The summed E-state index contributed by atoms with van der Waals surface area (Å²) in [6.45, 7) is -0.276. The Kier molecular flexibility index (Phi) is 8.79. The number of benzene rings is 2. The highest BCUT2D eigenvalue weighted by Gasteiger charge is 2.38. The smallest absolute Gasteiger partial charge is 0.339 e. The molecule has 5 rings (SSSR count). The van der Waals surface area contributed by atoms with Gasteiger partial charge in [0.25, 0.3) is 0 Å². The van der Waals surface area contributed by atoms with Crippen LogP contribution < -0.4 is 15.6 Å². The molecule has 40 heavy (non-hydrogen) atoms. The second-order valence-corrected chi connectivity index (χ2v) is 11.3. The molecule has 2 aliphatic carbocycles. The van der Waals surface area contributed by atoms with Gasteiger partial charge in [0.15, 0.2) is 5.78 Å². The Morgan fingerprint density at radius 3 is 2.38 bits per heavy atom. The van der Waals surface area contributed by atoms with Gasteiger partial charge in [-0.2, -0.15) is 0 Å². The molecular formula is C31H38N4O5. The number of ketones is 1. The molecule has 0 saturated heterocycles. The van der Waals surface area contributed by atoms with Crippen LogP contribution in [0.2, 0.25) is 0 Å². The number of hydrogen-bond acceptors (Lipinski definition) is 5. The van der Waals surface area contributed by atoms with E-state index in [2.05, 4.69) is 10.7 Å². The van der Waals surface area contributed by atoms with E-state index in [1.165, 1.54) is 11.4 Å². The molecule has 1 heterocycles. The molecule has 1 unspecified atom stereocenters. The van der Waals surface area contributed by atoms with Gasteiger partial charge in [0, 0.05) is 11.6 Å². The third-order valence-corrected chi connectivity index (χ3v) is 8.43. The molecule has 0 aromatic heterocycles. The minimum atomic E-state index is -0.955. The lowest BCUT2D eigenvalue weighted by Crippen LogP contribution is -2.53. The highest BCUT2D eigenvalue weighted by molar-refractivity contribution is 6.02. The lowest BCUT2D eigenvalue weighted by molar-refractivity contribution is -0.136. The number of aliphatic carboxylic acids is 1. The predicted molar refractivity (Wildman–Crippen MR) is 152 cm³/mol. The van der Waals surface area contributed by atoms with Gasteiger partial charge in [-0.3, -0.25) is 19.3 Å². The minimum Gasteiger partial charge on any atom is -0.481 e. The fourth-order valence-corrected chi connectivity index (χ4v) is 6.44. The predicted octanol–water partition coefficient (Wildman–Crippen LogP) is 5.08. The molecule has 2 aromatic rings. The number of nitrogens with zero attached hydrogens (tertiary/aromatic N) is 2. The van der Waals surface area contributed by atoms with Gasteiger partial charge in [-0.25, -0.2) is 15.2 Å². The van der Waals surface area contributed by atoms with Gasteiger partial charge in [-0.15, -0.1) is 0 Å². The molecule has 0 spiro atoms. The molecule has 9 heteroatoms. The van der Waals surface area contributed by atoms with Crippen LogP contribution in [0.1, 0.15) is 75.0 Å². The van der Waals surface area contributed by atoms with Crippen molar-refractivity contribution < 1.29 is 24.3 Å². The van der Waals surface area contributed by atoms with Gasteiger partial charge in [0.2, 0.25) is 5.91 Å². The van der Waals surface area contributed by atoms with Crippen LogP contribution in [0, 0.1) is 11.8 Å². The lowest BCUT2D eigenvalue weighted by atomic mass is 9.81. The summed E-state index contributed by atoms with van der Waals surface area (Å²) in [6.07, 6.45) is 9.12. The normalized spacial score (nSPS) is 20.2. The van der Waals surface area contributed by atoms with Crippen molar-refractivity contribution in [1.29, 1.82) is 0 Å². The summed E-state index contributed by atoms with van der Waals surface area (Å²) in [5.41, 5.74) is 6.15. The Morgan fingerprint density at radius 2 is 1.62 bits per heavy atom. The molecule has 1 atom stereocenters. The highest BCUT2D eigenvalue weighted by Crippen LogP contribution is 2.40. The zero-order valence-electron chi connectivity index (χ0n) is 22.8. The van der Waals surface area contributed by atoms with E-state index in [1.807, 2.05) is 24.3 Å². The molecule has 3 amide bonds. The van der Waals surface area contributed by atoms with Crippen LogP contribution in [0.3, 0.4) is 0 Å². The Morgan fingerprint density at radius 1 is 0.900 bits per heavy atom. The van der Waals surface area contributed by atoms with E-state index < -0.39 is 17.9 Å². The van der Waals surface area contributed by atoms with Crippen LogP contribution in [-0.4, -0.2) is 46.9 Å². The third-order valence-electron chi connectivity index (χ3n) is 8.43. The van der Waals surface area contributed by atoms with Gasteiger partial charge in [-0.05, 0) is 60.9 Å². The van der Waals surface area contributed by atoms with E-state index in [0.29, 0.717) is 17.2 Å². The summed E-state index contributed by atoms with van der Waals surface area (Å²) in [6, 6.07) is 13.9. The van der Waals surface area contributed by atoms with Crippen LogP contribution in [-0.2, 0) is 20.8 Å². The fraction of sp³-hybridized carbons (Fsp3) is 0.484. The van der Waals surface area contributed by atoms with E-state index in [-0.39, 0.29) is 37.3 Å². The Hall–Kier alpha value is -3.72. The van der Waals surface area contributed by atoms with Crippen LogP contribution in [0.25, 0.3) is 0 Å². The number of rotatable bonds is 9. The maximum absolute atomic E-state index is 14.0. The number of carboxylic acid groups (broad SMARTS) is 1. The second-order valence-electron chi connectivity index (χ2n) is 11.3. The monoisotopic (exact) mass is 546 g/mol. The number of fused-ring (bicyclic) bond motifs is 1. The van der Waals surface area contributed by atoms with Gasteiger partial charge < -0.3 is 10.4 Å². The largest absolute Gasteiger partial charge is 0.481 e. The van der Waals surface area contributed by atoms with E-state index in [4.69, 9.17) is 5.11 Å². The third kappa shape index (κ3) is 6.53. The van der Waals surface area contributed by atoms with Crippen LogP contribution >= 0.6 is 0 Å². The Bertz CT molecular complexity index is 1250. The summed E-state index contributed by atoms with van der Waals surface area (Å²) >= 11 is 0. The molecular weight excluding hydrogens is 508 g/mol. The molecule has 1 aliphatic heterocycles. The standard InChI is InChI=1S/C31H38N4O5/c36-27(22-10-4-5-11-22)19-34-26-16-7-6-15-25(26)30(23-12-2-1-3-13-23)33-35(31(34)40)20-28(37)32-24-14-8-9-21(17-24)18-29(38)39/h6-9,14-17,22-23,30,33H,1-5,10-13,18-20H2,(H,32,37)(H,38,39). The molecule has 3 aliphatic rings. The molecule has 0 radical (unpaired) electrons. The van der Waals surface area contributed by atoms with Crippen molar-refractivity contribution in [2.24, 2.45) is 11.8 Å². The Labute approximate surface area is 234 Å². The van der Waals surface area contributed by atoms with E-state index in [9.17, 15) is 19.2 Å². The number of nitrogens with one attached hydrogen (secondary N) is 2. The summed E-state index contributed by atoms with van der Waals surface area (Å²) < 4.78 is 0. The number of anilines is 2. The van der Waals surface area contributed by atoms with Crippen molar-refractivity contribution >= 4 is 35.1 Å². The molecule has 2 saturated carbocycles. The summed E-state index contributed by atoms with van der Waals surface area (Å²) in [7, 11) is 0. The number of carboxylic acids is 1. The average molecular weight is 547 g/mol. The summed E-state index contributed by atoms with van der Waals surface area (Å²) in [5.74, 6) is -1.03. The maximum atomic E-state index is 14.0.